The van der Waals surface area contributed by atoms with Gasteiger partial charge < -0.3 is 14.9 Å². The predicted molar refractivity (Wildman–Crippen MR) is 59.4 cm³/mol. The number of aliphatic hydroxyl groups excluding tert-OH is 1. The highest BCUT2D eigenvalue weighted by Gasteiger charge is 2.19. The molecule has 4 nitrogen and oxygen atoms in total. The molecule has 1 rings (SSSR count). The summed E-state index contributed by atoms with van der Waals surface area (Å²) in [5.41, 5.74) is 0.674. The molecule has 0 amide bonds. The molecule has 0 fully saturated rings. The fourth-order valence-electron chi connectivity index (χ4n) is 1.54. The largest absolute Gasteiger partial charge is 0.497 e. The molecule has 2 atom stereocenters. The summed E-state index contributed by atoms with van der Waals surface area (Å²) in [5, 5.41) is 18.6. The quantitative estimate of drug-likeness (QED) is 0.800. The molecule has 88 valence electrons. The first-order valence-electron chi connectivity index (χ1n) is 5.08. The van der Waals surface area contributed by atoms with Crippen LogP contribution in [0.4, 0.5) is 0 Å². The van der Waals surface area contributed by atoms with Crippen molar-refractivity contribution in [1.29, 1.82) is 0 Å². The van der Waals surface area contributed by atoms with Crippen molar-refractivity contribution >= 4 is 5.97 Å². The minimum absolute atomic E-state index is 0.0572. The van der Waals surface area contributed by atoms with E-state index in [0.29, 0.717) is 11.3 Å². The Balaban J connectivity index is 2.78. The number of benzene rings is 1. The molecule has 0 aliphatic carbocycles. The third-order valence-corrected chi connectivity index (χ3v) is 2.47. The van der Waals surface area contributed by atoms with Crippen molar-refractivity contribution in [1.82, 2.24) is 0 Å². The maximum Gasteiger partial charge on any atom is 0.303 e. The second kappa shape index (κ2) is 5.51. The van der Waals surface area contributed by atoms with E-state index in [1.807, 2.05) is 0 Å². The molecule has 2 unspecified atom stereocenters. The van der Waals surface area contributed by atoms with E-state index < -0.39 is 12.1 Å². The van der Waals surface area contributed by atoms with Crippen LogP contribution in [0.25, 0.3) is 0 Å². The van der Waals surface area contributed by atoms with E-state index in [2.05, 4.69) is 0 Å². The number of ether oxygens (including phenoxy) is 1. The van der Waals surface area contributed by atoms with Crippen molar-refractivity contribution in [2.75, 3.05) is 7.11 Å². The molecule has 0 heterocycles. The highest BCUT2D eigenvalue weighted by molar-refractivity contribution is 5.67. The lowest BCUT2D eigenvalue weighted by atomic mass is 9.94. The summed E-state index contributed by atoms with van der Waals surface area (Å²) in [6.45, 7) is 1.71. The van der Waals surface area contributed by atoms with Gasteiger partial charge in [-0.25, -0.2) is 0 Å². The van der Waals surface area contributed by atoms with Gasteiger partial charge in [0, 0.05) is 0 Å². The smallest absolute Gasteiger partial charge is 0.303 e. The van der Waals surface area contributed by atoms with E-state index in [1.54, 1.807) is 38.3 Å². The molecular formula is C12H16O4. The van der Waals surface area contributed by atoms with Crippen molar-refractivity contribution in [3.05, 3.63) is 29.8 Å². The van der Waals surface area contributed by atoms with Gasteiger partial charge in [-0.2, -0.15) is 0 Å². The van der Waals surface area contributed by atoms with Gasteiger partial charge in [-0.15, -0.1) is 0 Å². The summed E-state index contributed by atoms with van der Waals surface area (Å²) < 4.78 is 5.04. The molecule has 0 saturated heterocycles. The van der Waals surface area contributed by atoms with Crippen molar-refractivity contribution in [2.24, 2.45) is 5.92 Å². The zero-order valence-corrected chi connectivity index (χ0v) is 9.38. The van der Waals surface area contributed by atoms with E-state index in [0.717, 1.165) is 0 Å². The van der Waals surface area contributed by atoms with Gasteiger partial charge in [0.1, 0.15) is 5.75 Å². The van der Waals surface area contributed by atoms with Crippen LogP contribution >= 0.6 is 0 Å². The van der Waals surface area contributed by atoms with Crippen LogP contribution in [0.2, 0.25) is 0 Å². The van der Waals surface area contributed by atoms with Crippen LogP contribution in [0.1, 0.15) is 25.0 Å². The van der Waals surface area contributed by atoms with E-state index in [1.165, 1.54) is 0 Å². The first-order chi connectivity index (χ1) is 7.54. The van der Waals surface area contributed by atoms with Crippen LogP contribution in [0.5, 0.6) is 5.75 Å². The normalized spacial score (nSPS) is 14.2. The number of carboxylic acids is 1. The van der Waals surface area contributed by atoms with Gasteiger partial charge in [0.05, 0.1) is 19.6 Å². The lowest BCUT2D eigenvalue weighted by Crippen LogP contribution is -2.13. The molecule has 0 spiro atoms. The van der Waals surface area contributed by atoms with Gasteiger partial charge in [-0.3, -0.25) is 4.79 Å². The third kappa shape index (κ3) is 3.24. The Morgan fingerprint density at radius 1 is 1.50 bits per heavy atom. The van der Waals surface area contributed by atoms with Crippen LogP contribution in [-0.4, -0.2) is 23.3 Å². The number of aliphatic carboxylic acids is 1. The Labute approximate surface area is 94.5 Å². The van der Waals surface area contributed by atoms with Crippen molar-refractivity contribution in [3.63, 3.8) is 0 Å². The Kier molecular flexibility index (Phi) is 4.31. The molecule has 2 N–H and O–H groups in total. The van der Waals surface area contributed by atoms with Crippen LogP contribution in [-0.2, 0) is 4.79 Å². The summed E-state index contributed by atoms with van der Waals surface area (Å²) in [6, 6.07) is 7.01. The molecule has 0 aromatic heterocycles. The third-order valence-electron chi connectivity index (χ3n) is 2.47. The Morgan fingerprint density at radius 3 is 2.75 bits per heavy atom. The van der Waals surface area contributed by atoms with Gasteiger partial charge in [0.25, 0.3) is 0 Å². The average Bonchev–Trinajstić information content (AvgIpc) is 2.27. The lowest BCUT2D eigenvalue weighted by Gasteiger charge is -2.17. The van der Waals surface area contributed by atoms with Gasteiger partial charge >= 0.3 is 5.97 Å². The summed E-state index contributed by atoms with van der Waals surface area (Å²) in [4.78, 5) is 10.5. The number of hydrogen-bond donors (Lipinski definition) is 2. The molecule has 0 radical (unpaired) electrons. The average molecular weight is 224 g/mol. The minimum atomic E-state index is -0.908. The maximum atomic E-state index is 10.5. The Hall–Kier alpha value is -1.55. The zero-order valence-electron chi connectivity index (χ0n) is 9.38. The first kappa shape index (κ1) is 12.5. The van der Waals surface area contributed by atoms with E-state index in [4.69, 9.17) is 9.84 Å². The number of carboxylic acid groups (broad SMARTS) is 1. The SMILES string of the molecule is COc1cccc(C(O)C(C)CC(=O)O)c1. The molecule has 0 saturated carbocycles. The Morgan fingerprint density at radius 2 is 2.19 bits per heavy atom. The summed E-state index contributed by atoms with van der Waals surface area (Å²) in [6.07, 6.45) is -0.843. The second-order valence-electron chi connectivity index (χ2n) is 3.80. The van der Waals surface area contributed by atoms with Crippen LogP contribution in [0.3, 0.4) is 0 Å². The first-order valence-corrected chi connectivity index (χ1v) is 5.08. The molecule has 0 aliphatic rings. The fourth-order valence-corrected chi connectivity index (χ4v) is 1.54. The van der Waals surface area contributed by atoms with E-state index >= 15 is 0 Å². The summed E-state index contributed by atoms with van der Waals surface area (Å²) in [7, 11) is 1.55. The highest BCUT2D eigenvalue weighted by Crippen LogP contribution is 2.26. The van der Waals surface area contributed by atoms with E-state index in [-0.39, 0.29) is 12.3 Å². The molecule has 0 bridgehead atoms. The number of hydrogen-bond acceptors (Lipinski definition) is 3. The fraction of sp³-hybridized carbons (Fsp3) is 0.417. The van der Waals surface area contributed by atoms with Crippen LogP contribution < -0.4 is 4.74 Å². The van der Waals surface area contributed by atoms with Crippen molar-refractivity contribution in [2.45, 2.75) is 19.4 Å². The molecule has 1 aromatic rings. The molecular weight excluding hydrogens is 208 g/mol. The van der Waals surface area contributed by atoms with Crippen molar-refractivity contribution in [3.8, 4) is 5.75 Å². The van der Waals surface area contributed by atoms with Gasteiger partial charge in [0.2, 0.25) is 0 Å². The Bertz CT molecular complexity index is 362. The monoisotopic (exact) mass is 224 g/mol. The summed E-state index contributed by atoms with van der Waals surface area (Å²) in [5.74, 6) is -0.585. The number of methoxy groups -OCH3 is 1. The molecule has 1 aromatic carbocycles. The number of carbonyl (C=O) groups is 1. The minimum Gasteiger partial charge on any atom is -0.497 e. The molecule has 16 heavy (non-hydrogen) atoms. The van der Waals surface area contributed by atoms with Crippen LogP contribution in [0, 0.1) is 5.92 Å². The topological polar surface area (TPSA) is 66.8 Å². The van der Waals surface area contributed by atoms with Gasteiger partial charge in [-0.1, -0.05) is 19.1 Å². The van der Waals surface area contributed by atoms with Gasteiger partial charge in [-0.05, 0) is 23.6 Å². The second-order valence-corrected chi connectivity index (χ2v) is 3.80. The summed E-state index contributed by atoms with van der Waals surface area (Å²) >= 11 is 0. The number of rotatable bonds is 5. The van der Waals surface area contributed by atoms with E-state index in [9.17, 15) is 9.90 Å². The number of aliphatic hydroxyl groups is 1. The van der Waals surface area contributed by atoms with Gasteiger partial charge in [0.15, 0.2) is 0 Å². The van der Waals surface area contributed by atoms with Crippen LogP contribution in [0.15, 0.2) is 24.3 Å². The highest BCUT2D eigenvalue weighted by atomic mass is 16.5. The molecule has 0 aliphatic heterocycles. The standard InChI is InChI=1S/C12H16O4/c1-8(6-11(13)14)12(15)9-4-3-5-10(7-9)16-2/h3-5,7-8,12,15H,6H2,1-2H3,(H,13,14). The molecule has 4 heteroatoms. The predicted octanol–water partition coefficient (Wildman–Crippen LogP) is 1.84. The van der Waals surface area contributed by atoms with Crippen molar-refractivity contribution < 1.29 is 19.7 Å². The lowest BCUT2D eigenvalue weighted by molar-refractivity contribution is -0.139. The maximum absolute atomic E-state index is 10.5. The zero-order chi connectivity index (χ0) is 12.1.